The fourth-order valence-electron chi connectivity index (χ4n) is 5.04. The number of pyridine rings is 1. The van der Waals surface area contributed by atoms with Gasteiger partial charge in [-0.1, -0.05) is 35.9 Å². The van der Waals surface area contributed by atoms with Crippen LogP contribution >= 0.6 is 11.6 Å². The number of amides is 2. The van der Waals surface area contributed by atoms with Crippen molar-refractivity contribution < 1.29 is 28.0 Å². The van der Waals surface area contributed by atoms with Crippen LogP contribution in [0.15, 0.2) is 83.9 Å². The van der Waals surface area contributed by atoms with E-state index in [1.165, 1.54) is 4.31 Å². The smallest absolute Gasteiger partial charge is 0.434 e. The van der Waals surface area contributed by atoms with Crippen molar-refractivity contribution in [2.45, 2.75) is 37.7 Å². The van der Waals surface area contributed by atoms with E-state index < -0.39 is 21.7 Å². The van der Waals surface area contributed by atoms with E-state index in [2.05, 4.69) is 4.98 Å². The zero-order valence-electron chi connectivity index (χ0n) is 25.3. The minimum absolute atomic E-state index is 0.0188. The van der Waals surface area contributed by atoms with Gasteiger partial charge in [-0.25, -0.2) is 13.2 Å². The standard InChI is InChI=1S/C33H35ClN4O6S/c1-33(2,3)44-32(40)38(41)15-13-29-21-27(12-14-35-29)23-4-6-24(7-5-23)31(39)36-16-18-37(19-17-36)45(42,43)30-11-9-25-20-28(34)10-8-26(25)22-30/h4-12,14,20-22,41H,13,15-19H2,1-3H3. The first-order valence-electron chi connectivity index (χ1n) is 14.5. The lowest BCUT2D eigenvalue weighted by Crippen LogP contribution is -2.50. The summed E-state index contributed by atoms with van der Waals surface area (Å²) in [6.07, 6.45) is 1.15. The minimum Gasteiger partial charge on any atom is -0.442 e. The summed E-state index contributed by atoms with van der Waals surface area (Å²) in [6, 6.07) is 21.2. The van der Waals surface area contributed by atoms with Gasteiger partial charge in [0.05, 0.1) is 11.4 Å². The fraction of sp³-hybridized carbons (Fsp3) is 0.303. The van der Waals surface area contributed by atoms with Crippen molar-refractivity contribution in [3.8, 4) is 11.1 Å². The van der Waals surface area contributed by atoms with Crippen LogP contribution in [0.2, 0.25) is 5.02 Å². The van der Waals surface area contributed by atoms with Crippen LogP contribution < -0.4 is 0 Å². The Bertz CT molecular complexity index is 1820. The minimum atomic E-state index is -3.72. The first-order valence-corrected chi connectivity index (χ1v) is 16.4. The van der Waals surface area contributed by atoms with E-state index in [4.69, 9.17) is 16.3 Å². The van der Waals surface area contributed by atoms with Crippen molar-refractivity contribution in [1.82, 2.24) is 19.3 Å². The third kappa shape index (κ3) is 7.80. The van der Waals surface area contributed by atoms with Crippen LogP contribution in [0, 0.1) is 0 Å². The number of hydrogen-bond acceptors (Lipinski definition) is 7. The second-order valence-corrected chi connectivity index (χ2v) is 14.2. The Kier molecular flexibility index (Phi) is 9.45. The van der Waals surface area contributed by atoms with Gasteiger partial charge >= 0.3 is 6.09 Å². The van der Waals surface area contributed by atoms with E-state index in [0.29, 0.717) is 27.8 Å². The topological polar surface area (TPSA) is 120 Å². The molecular weight excluding hydrogens is 616 g/mol. The van der Waals surface area contributed by atoms with Crippen LogP contribution in [0.25, 0.3) is 21.9 Å². The van der Waals surface area contributed by atoms with Crippen molar-refractivity contribution in [2.24, 2.45) is 0 Å². The summed E-state index contributed by atoms with van der Waals surface area (Å²) in [4.78, 5) is 31.5. The quantitative estimate of drug-likeness (QED) is 0.196. The number of fused-ring (bicyclic) bond motifs is 1. The molecule has 1 N–H and O–H groups in total. The summed E-state index contributed by atoms with van der Waals surface area (Å²) in [5, 5.41) is 12.8. The molecule has 12 heteroatoms. The molecule has 0 aliphatic carbocycles. The highest BCUT2D eigenvalue weighted by atomic mass is 35.5. The number of halogens is 1. The van der Waals surface area contributed by atoms with Crippen molar-refractivity contribution in [3.63, 3.8) is 0 Å². The molecule has 0 saturated carbocycles. The molecule has 1 aromatic heterocycles. The highest BCUT2D eigenvalue weighted by Crippen LogP contribution is 2.26. The van der Waals surface area contributed by atoms with Crippen LogP contribution in [-0.4, -0.2) is 83.2 Å². The van der Waals surface area contributed by atoms with E-state index in [0.717, 1.165) is 21.9 Å². The van der Waals surface area contributed by atoms with E-state index in [-0.39, 0.29) is 43.5 Å². The molecule has 236 valence electrons. The van der Waals surface area contributed by atoms with Gasteiger partial charge in [0.15, 0.2) is 0 Å². The molecule has 1 saturated heterocycles. The lowest BCUT2D eigenvalue weighted by Gasteiger charge is -2.34. The van der Waals surface area contributed by atoms with Gasteiger partial charge in [0.2, 0.25) is 10.0 Å². The highest BCUT2D eigenvalue weighted by Gasteiger charge is 2.30. The molecule has 0 bridgehead atoms. The molecule has 4 aromatic rings. The van der Waals surface area contributed by atoms with Crippen molar-refractivity contribution in [3.05, 3.63) is 95.3 Å². The number of piperazine rings is 1. The molecule has 1 aliphatic rings. The Hall–Kier alpha value is -4.03. The maximum Gasteiger partial charge on any atom is 0.434 e. The van der Waals surface area contributed by atoms with Gasteiger partial charge in [0, 0.05) is 55.1 Å². The van der Waals surface area contributed by atoms with Crippen LogP contribution in [0.3, 0.4) is 0 Å². The zero-order chi connectivity index (χ0) is 32.4. The predicted octanol–water partition coefficient (Wildman–Crippen LogP) is 5.87. The van der Waals surface area contributed by atoms with Gasteiger partial charge in [-0.05, 0) is 91.2 Å². The van der Waals surface area contributed by atoms with Gasteiger partial charge in [0.25, 0.3) is 5.91 Å². The fourth-order valence-corrected chi connectivity index (χ4v) is 6.68. The number of carbonyl (C=O) groups is 2. The molecule has 5 rings (SSSR count). The van der Waals surface area contributed by atoms with Gasteiger partial charge in [-0.15, -0.1) is 0 Å². The molecule has 0 unspecified atom stereocenters. The van der Waals surface area contributed by atoms with Crippen molar-refractivity contribution in [1.29, 1.82) is 0 Å². The summed E-state index contributed by atoms with van der Waals surface area (Å²) in [5.41, 5.74) is 2.21. The Labute approximate surface area is 267 Å². The highest BCUT2D eigenvalue weighted by molar-refractivity contribution is 7.89. The summed E-state index contributed by atoms with van der Waals surface area (Å²) < 4.78 is 33.3. The normalized spacial score (nSPS) is 14.4. The third-order valence-corrected chi connectivity index (χ3v) is 9.53. The van der Waals surface area contributed by atoms with Crippen molar-refractivity contribution >= 4 is 44.4 Å². The van der Waals surface area contributed by atoms with Gasteiger partial charge in [-0.3, -0.25) is 15.0 Å². The first-order chi connectivity index (χ1) is 21.3. The number of hydroxylamine groups is 2. The van der Waals surface area contributed by atoms with E-state index in [1.807, 2.05) is 24.3 Å². The molecule has 1 aliphatic heterocycles. The maximum absolute atomic E-state index is 13.4. The average Bonchev–Trinajstić information content (AvgIpc) is 3.02. The largest absolute Gasteiger partial charge is 0.442 e. The summed E-state index contributed by atoms with van der Waals surface area (Å²) >= 11 is 6.05. The summed E-state index contributed by atoms with van der Waals surface area (Å²) in [6.45, 7) is 6.14. The average molecular weight is 651 g/mol. The molecule has 2 heterocycles. The molecule has 2 amide bonds. The number of sulfonamides is 1. The van der Waals surface area contributed by atoms with Crippen molar-refractivity contribution in [2.75, 3.05) is 32.7 Å². The molecule has 10 nitrogen and oxygen atoms in total. The van der Waals surface area contributed by atoms with Gasteiger partial charge < -0.3 is 9.64 Å². The number of aromatic nitrogens is 1. The summed E-state index contributed by atoms with van der Waals surface area (Å²) in [7, 11) is -3.72. The molecule has 45 heavy (non-hydrogen) atoms. The number of hydrogen-bond donors (Lipinski definition) is 1. The lowest BCUT2D eigenvalue weighted by molar-refractivity contribution is -0.0931. The van der Waals surface area contributed by atoms with Crippen LogP contribution in [-0.2, 0) is 21.2 Å². The maximum atomic E-state index is 13.4. The number of rotatable bonds is 7. The zero-order valence-corrected chi connectivity index (χ0v) is 26.9. The number of ether oxygens (including phenoxy) is 1. The molecular formula is C33H35ClN4O6S. The van der Waals surface area contributed by atoms with Crippen LogP contribution in [0.4, 0.5) is 4.79 Å². The molecule has 1 fully saturated rings. The number of nitrogens with zero attached hydrogens (tertiary/aromatic N) is 4. The van der Waals surface area contributed by atoms with Crippen LogP contribution in [0.1, 0.15) is 36.8 Å². The molecule has 0 atom stereocenters. The van der Waals surface area contributed by atoms with E-state index in [9.17, 15) is 23.2 Å². The lowest BCUT2D eigenvalue weighted by atomic mass is 10.0. The Morgan fingerprint density at radius 3 is 2.27 bits per heavy atom. The van der Waals surface area contributed by atoms with Gasteiger partial charge in [-0.2, -0.15) is 9.37 Å². The summed E-state index contributed by atoms with van der Waals surface area (Å²) in [5.74, 6) is -0.165. The second kappa shape index (κ2) is 13.1. The molecule has 3 aromatic carbocycles. The third-order valence-electron chi connectivity index (χ3n) is 7.40. The second-order valence-electron chi connectivity index (χ2n) is 11.8. The predicted molar refractivity (Wildman–Crippen MR) is 172 cm³/mol. The Balaban J connectivity index is 1.18. The van der Waals surface area contributed by atoms with Gasteiger partial charge in [0.1, 0.15) is 5.60 Å². The van der Waals surface area contributed by atoms with E-state index >= 15 is 0 Å². The Morgan fingerprint density at radius 2 is 1.58 bits per heavy atom. The van der Waals surface area contributed by atoms with E-state index in [1.54, 1.807) is 80.4 Å². The SMILES string of the molecule is CC(C)(C)OC(=O)N(O)CCc1cc(-c2ccc(C(=O)N3CCN(S(=O)(=O)c4ccc5cc(Cl)ccc5c4)CC3)cc2)ccn1. The first kappa shape index (κ1) is 32.4. The number of carbonyl (C=O) groups excluding carboxylic acids is 2. The molecule has 0 radical (unpaired) electrons. The Morgan fingerprint density at radius 1 is 0.911 bits per heavy atom. The van der Waals surface area contributed by atoms with Crippen LogP contribution in [0.5, 0.6) is 0 Å². The molecule has 0 spiro atoms. The monoisotopic (exact) mass is 650 g/mol. The number of benzene rings is 3.